The number of carbonyl (C=O) groups excluding carboxylic acids is 1. The van der Waals surface area contributed by atoms with Gasteiger partial charge in [-0.1, -0.05) is 0 Å². The molecule has 2 aliphatic rings. The second-order valence-electron chi connectivity index (χ2n) is 4.33. The van der Waals surface area contributed by atoms with Crippen molar-refractivity contribution in [1.29, 1.82) is 0 Å². The molecule has 0 aliphatic carbocycles. The summed E-state index contributed by atoms with van der Waals surface area (Å²) in [5, 5.41) is 6.00. The largest absolute Gasteiger partial charge is 0.374 e. The summed E-state index contributed by atoms with van der Waals surface area (Å²) in [5.41, 5.74) is 3.13. The minimum atomic E-state index is 0.0334. The lowest BCUT2D eigenvalue weighted by Gasteiger charge is -2.23. The van der Waals surface area contributed by atoms with Gasteiger partial charge in [-0.25, -0.2) is 0 Å². The second-order valence-corrected chi connectivity index (χ2v) is 4.33. The summed E-state index contributed by atoms with van der Waals surface area (Å²) in [6.07, 6.45) is 2.53. The van der Waals surface area contributed by atoms with Gasteiger partial charge in [0.05, 0.1) is 17.9 Å². The van der Waals surface area contributed by atoms with Gasteiger partial charge in [0.15, 0.2) is 0 Å². The third-order valence-corrected chi connectivity index (χ3v) is 3.19. The van der Waals surface area contributed by atoms with Gasteiger partial charge in [0.25, 0.3) is 0 Å². The second kappa shape index (κ2) is 3.70. The summed E-state index contributed by atoms with van der Waals surface area (Å²) in [6, 6.07) is 6.22. The number of anilines is 3. The van der Waals surface area contributed by atoms with Gasteiger partial charge in [-0.15, -0.1) is 0 Å². The molecule has 1 amide bonds. The van der Waals surface area contributed by atoms with Gasteiger partial charge in [-0.3, -0.25) is 4.79 Å². The molecule has 16 heavy (non-hydrogen) atoms. The van der Waals surface area contributed by atoms with E-state index in [0.29, 0.717) is 6.54 Å². The van der Waals surface area contributed by atoms with E-state index >= 15 is 0 Å². The van der Waals surface area contributed by atoms with Crippen LogP contribution in [0.1, 0.15) is 12.8 Å². The SMILES string of the molecule is O=C1CNc2ccc(N3CCCC3)cc2N1. The van der Waals surface area contributed by atoms with Crippen LogP contribution in [0.3, 0.4) is 0 Å². The summed E-state index contributed by atoms with van der Waals surface area (Å²) in [7, 11) is 0. The Balaban J connectivity index is 1.91. The first kappa shape index (κ1) is 9.51. The van der Waals surface area contributed by atoms with Crippen LogP contribution in [-0.4, -0.2) is 25.5 Å². The number of hydrogen-bond acceptors (Lipinski definition) is 3. The van der Waals surface area contributed by atoms with Crippen LogP contribution in [0, 0.1) is 0 Å². The first-order valence-corrected chi connectivity index (χ1v) is 5.76. The van der Waals surface area contributed by atoms with Crippen LogP contribution in [-0.2, 0) is 4.79 Å². The van der Waals surface area contributed by atoms with Gasteiger partial charge < -0.3 is 15.5 Å². The minimum absolute atomic E-state index is 0.0334. The van der Waals surface area contributed by atoms with E-state index in [2.05, 4.69) is 27.7 Å². The maximum Gasteiger partial charge on any atom is 0.243 e. The quantitative estimate of drug-likeness (QED) is 0.751. The van der Waals surface area contributed by atoms with Gasteiger partial charge in [0, 0.05) is 18.8 Å². The Morgan fingerprint density at radius 2 is 1.94 bits per heavy atom. The molecule has 0 unspecified atom stereocenters. The van der Waals surface area contributed by atoms with Crippen molar-refractivity contribution in [2.24, 2.45) is 0 Å². The Morgan fingerprint density at radius 3 is 2.75 bits per heavy atom. The number of benzene rings is 1. The molecule has 0 aromatic heterocycles. The summed E-state index contributed by atoms with van der Waals surface area (Å²) in [5.74, 6) is 0.0334. The fourth-order valence-electron chi connectivity index (χ4n) is 2.33. The predicted octanol–water partition coefficient (Wildman–Crippen LogP) is 1.65. The van der Waals surface area contributed by atoms with Gasteiger partial charge in [0.2, 0.25) is 5.91 Å². The molecule has 2 heterocycles. The maximum absolute atomic E-state index is 11.3. The Labute approximate surface area is 94.6 Å². The standard InChI is InChI=1S/C12H15N3O/c16-12-8-13-10-4-3-9(7-11(10)14-12)15-5-1-2-6-15/h3-4,7,13H,1-2,5-6,8H2,(H,14,16). The number of hydrogen-bond donors (Lipinski definition) is 2. The Kier molecular flexibility index (Phi) is 2.20. The Morgan fingerprint density at radius 1 is 1.12 bits per heavy atom. The summed E-state index contributed by atoms with van der Waals surface area (Å²) < 4.78 is 0. The van der Waals surface area contributed by atoms with Crippen molar-refractivity contribution in [3.05, 3.63) is 18.2 Å². The number of fused-ring (bicyclic) bond motifs is 1. The van der Waals surface area contributed by atoms with Crippen LogP contribution in [0.5, 0.6) is 0 Å². The molecule has 2 aliphatic heterocycles. The zero-order valence-electron chi connectivity index (χ0n) is 9.12. The smallest absolute Gasteiger partial charge is 0.243 e. The van der Waals surface area contributed by atoms with E-state index in [4.69, 9.17) is 0 Å². The van der Waals surface area contributed by atoms with Crippen LogP contribution in [0.15, 0.2) is 18.2 Å². The van der Waals surface area contributed by atoms with Crippen LogP contribution in [0.25, 0.3) is 0 Å². The number of rotatable bonds is 1. The van der Waals surface area contributed by atoms with Crippen molar-refractivity contribution in [1.82, 2.24) is 0 Å². The normalized spacial score (nSPS) is 19.0. The zero-order valence-corrected chi connectivity index (χ0v) is 9.12. The fourth-order valence-corrected chi connectivity index (χ4v) is 2.33. The highest BCUT2D eigenvalue weighted by molar-refractivity contribution is 6.01. The van der Waals surface area contributed by atoms with E-state index in [0.717, 1.165) is 24.5 Å². The summed E-state index contributed by atoms with van der Waals surface area (Å²) in [4.78, 5) is 13.6. The van der Waals surface area contributed by atoms with E-state index in [1.54, 1.807) is 0 Å². The first-order valence-electron chi connectivity index (χ1n) is 5.76. The van der Waals surface area contributed by atoms with E-state index in [9.17, 15) is 4.79 Å². The van der Waals surface area contributed by atoms with E-state index in [1.807, 2.05) is 6.07 Å². The van der Waals surface area contributed by atoms with Crippen LogP contribution in [0.2, 0.25) is 0 Å². The van der Waals surface area contributed by atoms with Crippen molar-refractivity contribution >= 4 is 23.0 Å². The molecular weight excluding hydrogens is 202 g/mol. The topological polar surface area (TPSA) is 44.4 Å². The van der Waals surface area contributed by atoms with Crippen molar-refractivity contribution in [2.45, 2.75) is 12.8 Å². The van der Waals surface area contributed by atoms with E-state index in [1.165, 1.54) is 18.5 Å². The zero-order chi connectivity index (χ0) is 11.0. The van der Waals surface area contributed by atoms with Crippen LogP contribution in [0.4, 0.5) is 17.1 Å². The van der Waals surface area contributed by atoms with Crippen LogP contribution < -0.4 is 15.5 Å². The maximum atomic E-state index is 11.3. The molecule has 0 radical (unpaired) electrons. The average Bonchev–Trinajstić information content (AvgIpc) is 2.81. The first-order chi connectivity index (χ1) is 7.83. The van der Waals surface area contributed by atoms with Gasteiger partial charge in [-0.05, 0) is 31.0 Å². The molecule has 1 aromatic carbocycles. The van der Waals surface area contributed by atoms with Gasteiger partial charge in [0.1, 0.15) is 0 Å². The number of nitrogens with one attached hydrogen (secondary N) is 2. The molecule has 4 heteroatoms. The van der Waals surface area contributed by atoms with Gasteiger partial charge in [-0.2, -0.15) is 0 Å². The lowest BCUT2D eigenvalue weighted by molar-refractivity contribution is -0.114. The van der Waals surface area contributed by atoms with Crippen LogP contribution >= 0.6 is 0 Å². The Hall–Kier alpha value is -1.71. The van der Waals surface area contributed by atoms with Crippen molar-refractivity contribution < 1.29 is 4.79 Å². The number of carbonyl (C=O) groups is 1. The minimum Gasteiger partial charge on any atom is -0.374 e. The average molecular weight is 217 g/mol. The highest BCUT2D eigenvalue weighted by atomic mass is 16.2. The molecule has 0 atom stereocenters. The molecular formula is C12H15N3O. The molecule has 3 rings (SSSR count). The molecule has 84 valence electrons. The third kappa shape index (κ3) is 1.60. The lowest BCUT2D eigenvalue weighted by Crippen LogP contribution is -2.27. The molecule has 4 nitrogen and oxygen atoms in total. The molecule has 0 spiro atoms. The molecule has 1 fully saturated rings. The molecule has 0 saturated carbocycles. The van der Waals surface area contributed by atoms with E-state index in [-0.39, 0.29) is 5.91 Å². The molecule has 1 saturated heterocycles. The highest BCUT2D eigenvalue weighted by Gasteiger charge is 2.17. The lowest BCUT2D eigenvalue weighted by atomic mass is 10.2. The highest BCUT2D eigenvalue weighted by Crippen LogP contribution is 2.31. The monoisotopic (exact) mass is 217 g/mol. The summed E-state index contributed by atoms with van der Waals surface area (Å²) >= 11 is 0. The van der Waals surface area contributed by atoms with Gasteiger partial charge >= 0.3 is 0 Å². The fraction of sp³-hybridized carbons (Fsp3) is 0.417. The molecule has 0 bridgehead atoms. The van der Waals surface area contributed by atoms with E-state index < -0.39 is 0 Å². The molecule has 2 N–H and O–H groups in total. The van der Waals surface area contributed by atoms with Crippen molar-refractivity contribution in [3.63, 3.8) is 0 Å². The van der Waals surface area contributed by atoms with Crippen molar-refractivity contribution in [3.8, 4) is 0 Å². The Bertz CT molecular complexity index is 424. The number of amides is 1. The third-order valence-electron chi connectivity index (χ3n) is 3.19. The summed E-state index contributed by atoms with van der Waals surface area (Å²) in [6.45, 7) is 2.62. The van der Waals surface area contributed by atoms with Crippen molar-refractivity contribution in [2.75, 3.05) is 35.2 Å². The molecule has 1 aromatic rings. The predicted molar refractivity (Wildman–Crippen MR) is 65.0 cm³/mol. The number of nitrogens with zero attached hydrogens (tertiary/aromatic N) is 1.